The number of carbonyl (C=O) groups excluding carboxylic acids is 1. The van der Waals surface area contributed by atoms with Crippen LogP contribution in [-0.4, -0.2) is 37.0 Å². The fourth-order valence-corrected chi connectivity index (χ4v) is 3.64. The van der Waals surface area contributed by atoms with Crippen LogP contribution in [0.1, 0.15) is 16.2 Å². The first-order valence-electron chi connectivity index (χ1n) is 10.7. The number of aromatic nitrogens is 4. The van der Waals surface area contributed by atoms with Gasteiger partial charge in [0.05, 0.1) is 12.2 Å². The molecular weight excluding hydrogens is 414 g/mol. The summed E-state index contributed by atoms with van der Waals surface area (Å²) in [6.45, 7) is 0.617. The number of ether oxygens (including phenoxy) is 1. The van der Waals surface area contributed by atoms with Gasteiger partial charge in [0.2, 0.25) is 0 Å². The van der Waals surface area contributed by atoms with E-state index in [1.807, 2.05) is 77.5 Å². The van der Waals surface area contributed by atoms with Gasteiger partial charge in [0, 0.05) is 25.6 Å². The molecule has 0 aliphatic rings. The Morgan fingerprint density at radius 1 is 0.909 bits per heavy atom. The predicted molar refractivity (Wildman–Crippen MR) is 126 cm³/mol. The number of hydrogen-bond acceptors (Lipinski definition) is 4. The summed E-state index contributed by atoms with van der Waals surface area (Å²) in [4.78, 5) is 19.0. The Balaban J connectivity index is 1.18. The molecule has 3 heterocycles. The van der Waals surface area contributed by atoms with E-state index in [0.29, 0.717) is 12.2 Å². The lowest BCUT2D eigenvalue weighted by Gasteiger charge is -2.14. The number of hydrogen-bond donors (Lipinski definition) is 0. The van der Waals surface area contributed by atoms with Crippen molar-refractivity contribution in [3.8, 4) is 16.9 Å². The van der Waals surface area contributed by atoms with Crippen molar-refractivity contribution < 1.29 is 9.53 Å². The van der Waals surface area contributed by atoms with E-state index in [1.54, 1.807) is 28.9 Å². The number of imidazole rings is 1. The second kappa shape index (κ2) is 9.00. The highest BCUT2D eigenvalue weighted by atomic mass is 16.5. The molecule has 3 aromatic heterocycles. The first-order chi connectivity index (χ1) is 16.2. The van der Waals surface area contributed by atoms with Crippen molar-refractivity contribution in [3.63, 3.8) is 0 Å². The number of carbonyl (C=O) groups is 1. The SMILES string of the molecule is CN(Cc1cn2ccccc2n1)C(=O)c1ccn(COc2ccc(-c3ccccc3)cc2)n1. The first kappa shape index (κ1) is 20.5. The van der Waals surface area contributed by atoms with Gasteiger partial charge in [-0.2, -0.15) is 5.10 Å². The van der Waals surface area contributed by atoms with Gasteiger partial charge in [0.1, 0.15) is 11.4 Å². The number of benzene rings is 2. The average molecular weight is 438 g/mol. The van der Waals surface area contributed by atoms with Gasteiger partial charge >= 0.3 is 0 Å². The molecule has 0 unspecified atom stereocenters. The maximum absolute atomic E-state index is 12.8. The Morgan fingerprint density at radius 2 is 1.67 bits per heavy atom. The van der Waals surface area contributed by atoms with Crippen LogP contribution in [0.15, 0.2) is 97.5 Å². The Kier molecular flexibility index (Phi) is 5.59. The van der Waals surface area contributed by atoms with Crippen LogP contribution in [0.3, 0.4) is 0 Å². The van der Waals surface area contributed by atoms with Crippen LogP contribution in [0.5, 0.6) is 5.75 Å². The highest BCUT2D eigenvalue weighted by molar-refractivity contribution is 5.91. The molecule has 5 aromatic rings. The number of nitrogens with zero attached hydrogens (tertiary/aromatic N) is 5. The molecule has 0 saturated carbocycles. The highest BCUT2D eigenvalue weighted by Crippen LogP contribution is 2.22. The molecular formula is C26H23N5O2. The van der Waals surface area contributed by atoms with Crippen molar-refractivity contribution in [1.82, 2.24) is 24.1 Å². The van der Waals surface area contributed by atoms with E-state index in [2.05, 4.69) is 22.2 Å². The van der Waals surface area contributed by atoms with Gasteiger partial charge < -0.3 is 14.0 Å². The molecule has 164 valence electrons. The van der Waals surface area contributed by atoms with Crippen LogP contribution < -0.4 is 4.74 Å². The largest absolute Gasteiger partial charge is 0.471 e. The fourth-order valence-electron chi connectivity index (χ4n) is 3.64. The van der Waals surface area contributed by atoms with Gasteiger partial charge in [-0.3, -0.25) is 4.79 Å². The quantitative estimate of drug-likeness (QED) is 0.376. The highest BCUT2D eigenvalue weighted by Gasteiger charge is 2.16. The molecule has 0 spiro atoms. The monoisotopic (exact) mass is 437 g/mol. The second-order valence-corrected chi connectivity index (χ2v) is 7.76. The fraction of sp³-hybridized carbons (Fsp3) is 0.115. The first-order valence-corrected chi connectivity index (χ1v) is 10.7. The van der Waals surface area contributed by atoms with Gasteiger partial charge in [0.25, 0.3) is 5.91 Å². The molecule has 2 aromatic carbocycles. The summed E-state index contributed by atoms with van der Waals surface area (Å²) in [5.74, 6) is 0.569. The van der Waals surface area contributed by atoms with E-state index in [4.69, 9.17) is 4.74 Å². The number of amides is 1. The zero-order valence-electron chi connectivity index (χ0n) is 18.2. The maximum Gasteiger partial charge on any atom is 0.274 e. The van der Waals surface area contributed by atoms with Crippen LogP contribution in [0.25, 0.3) is 16.8 Å². The summed E-state index contributed by atoms with van der Waals surface area (Å²) in [7, 11) is 1.75. The molecule has 33 heavy (non-hydrogen) atoms. The second-order valence-electron chi connectivity index (χ2n) is 7.76. The summed E-state index contributed by atoms with van der Waals surface area (Å²) in [6.07, 6.45) is 5.60. The van der Waals surface area contributed by atoms with Gasteiger partial charge in [0.15, 0.2) is 12.4 Å². The average Bonchev–Trinajstić information content (AvgIpc) is 3.50. The van der Waals surface area contributed by atoms with E-state index < -0.39 is 0 Å². The van der Waals surface area contributed by atoms with Crippen molar-refractivity contribution in [2.24, 2.45) is 0 Å². The molecule has 7 nitrogen and oxygen atoms in total. The Hall–Kier alpha value is -4.39. The molecule has 0 aliphatic carbocycles. The molecule has 1 amide bonds. The molecule has 0 aliphatic heterocycles. The van der Waals surface area contributed by atoms with E-state index in [-0.39, 0.29) is 12.6 Å². The van der Waals surface area contributed by atoms with Gasteiger partial charge in [-0.25, -0.2) is 9.67 Å². The van der Waals surface area contributed by atoms with Crippen LogP contribution in [0.2, 0.25) is 0 Å². The lowest BCUT2D eigenvalue weighted by Crippen LogP contribution is -2.27. The third-order valence-electron chi connectivity index (χ3n) is 5.34. The predicted octanol–water partition coefficient (Wildman–Crippen LogP) is 4.51. The van der Waals surface area contributed by atoms with Crippen LogP contribution in [0, 0.1) is 0 Å². The van der Waals surface area contributed by atoms with Crippen molar-refractivity contribution in [2.75, 3.05) is 7.05 Å². The number of fused-ring (bicyclic) bond motifs is 1. The maximum atomic E-state index is 12.8. The lowest BCUT2D eigenvalue weighted by molar-refractivity contribution is 0.0775. The van der Waals surface area contributed by atoms with Gasteiger partial charge in [-0.05, 0) is 41.5 Å². The summed E-state index contributed by atoms with van der Waals surface area (Å²) in [6, 6.07) is 25.6. The zero-order valence-corrected chi connectivity index (χ0v) is 18.2. The molecule has 5 rings (SSSR count). The van der Waals surface area contributed by atoms with Crippen molar-refractivity contribution in [2.45, 2.75) is 13.3 Å². The molecule has 0 fully saturated rings. The molecule has 0 saturated heterocycles. The molecule has 0 radical (unpaired) electrons. The van der Waals surface area contributed by atoms with Crippen LogP contribution >= 0.6 is 0 Å². The van der Waals surface area contributed by atoms with Gasteiger partial charge in [-0.15, -0.1) is 0 Å². The lowest BCUT2D eigenvalue weighted by atomic mass is 10.1. The number of pyridine rings is 1. The molecule has 7 heteroatoms. The van der Waals surface area contributed by atoms with Crippen molar-refractivity contribution in [1.29, 1.82) is 0 Å². The van der Waals surface area contributed by atoms with E-state index >= 15 is 0 Å². The smallest absolute Gasteiger partial charge is 0.274 e. The Morgan fingerprint density at radius 3 is 2.45 bits per heavy atom. The van der Waals surface area contributed by atoms with Crippen LogP contribution in [-0.2, 0) is 13.3 Å². The minimum atomic E-state index is -0.168. The molecule has 0 N–H and O–H groups in total. The summed E-state index contributed by atoms with van der Waals surface area (Å²) in [5, 5.41) is 4.37. The van der Waals surface area contributed by atoms with Gasteiger partial charge in [-0.1, -0.05) is 48.5 Å². The topological polar surface area (TPSA) is 64.7 Å². The summed E-state index contributed by atoms with van der Waals surface area (Å²) in [5.41, 5.74) is 4.32. The minimum absolute atomic E-state index is 0.168. The molecule has 0 bridgehead atoms. The summed E-state index contributed by atoms with van der Waals surface area (Å²) < 4.78 is 9.37. The zero-order chi connectivity index (χ0) is 22.6. The normalized spacial score (nSPS) is 10.9. The van der Waals surface area contributed by atoms with E-state index in [9.17, 15) is 4.79 Å². The summed E-state index contributed by atoms with van der Waals surface area (Å²) >= 11 is 0. The third-order valence-corrected chi connectivity index (χ3v) is 5.34. The van der Waals surface area contributed by atoms with Crippen LogP contribution in [0.4, 0.5) is 0 Å². The van der Waals surface area contributed by atoms with E-state index in [0.717, 1.165) is 28.2 Å². The van der Waals surface area contributed by atoms with Crippen molar-refractivity contribution >= 4 is 11.6 Å². The standard InChI is InChI=1S/C26H23N5O2/c1-29(17-22-18-30-15-6-5-9-25(30)27-22)26(32)24-14-16-31(28-24)19-33-23-12-10-21(11-13-23)20-7-3-2-4-8-20/h2-16,18H,17,19H2,1H3. The minimum Gasteiger partial charge on any atom is -0.471 e. The van der Waals surface area contributed by atoms with E-state index in [1.165, 1.54) is 0 Å². The Bertz CT molecular complexity index is 1340. The number of rotatable bonds is 7. The Labute approximate surface area is 191 Å². The third kappa shape index (κ3) is 4.62. The van der Waals surface area contributed by atoms with Crippen molar-refractivity contribution in [3.05, 3.63) is 109 Å². The molecule has 0 atom stereocenters.